The van der Waals surface area contributed by atoms with Crippen LogP contribution >= 0.6 is 0 Å². The average Bonchev–Trinajstić information content (AvgIpc) is 2.97. The van der Waals surface area contributed by atoms with Gasteiger partial charge in [0.25, 0.3) is 0 Å². The van der Waals surface area contributed by atoms with E-state index in [4.69, 9.17) is 4.74 Å². The highest BCUT2D eigenvalue weighted by atomic mass is 16.5. The van der Waals surface area contributed by atoms with Gasteiger partial charge in [-0.3, -0.25) is 4.90 Å². The van der Waals surface area contributed by atoms with Crippen LogP contribution in [0.15, 0.2) is 0 Å². The summed E-state index contributed by atoms with van der Waals surface area (Å²) >= 11 is 0. The fraction of sp³-hybridized carbons (Fsp3) is 1.00. The molecule has 0 amide bonds. The Morgan fingerprint density at radius 2 is 2.14 bits per heavy atom. The third-order valence-electron chi connectivity index (χ3n) is 4.07. The molecule has 0 bridgehead atoms. The first-order valence-electron chi connectivity index (χ1n) is 6.07. The Morgan fingerprint density at radius 3 is 2.79 bits per heavy atom. The number of hydrogen-bond acceptors (Lipinski definition) is 2. The second-order valence-corrected chi connectivity index (χ2v) is 5.07. The predicted molar refractivity (Wildman–Crippen MR) is 58.4 cm³/mol. The molecule has 1 atom stereocenters. The molecule has 1 saturated heterocycles. The average molecular weight is 197 g/mol. The minimum absolute atomic E-state index is 0.693. The molecule has 2 heteroatoms. The van der Waals surface area contributed by atoms with Crippen LogP contribution in [0.3, 0.4) is 0 Å². The lowest BCUT2D eigenvalue weighted by Crippen LogP contribution is -2.38. The fourth-order valence-electron chi connectivity index (χ4n) is 2.41. The number of hydrogen-bond donors (Lipinski definition) is 0. The lowest BCUT2D eigenvalue weighted by Gasteiger charge is -2.30. The van der Waals surface area contributed by atoms with Crippen molar-refractivity contribution in [1.82, 2.24) is 4.90 Å². The highest BCUT2D eigenvalue weighted by Crippen LogP contribution is 2.49. The largest absolute Gasteiger partial charge is 0.380 e. The van der Waals surface area contributed by atoms with Gasteiger partial charge in [-0.25, -0.2) is 0 Å². The zero-order chi connectivity index (χ0) is 10.0. The Labute approximate surface area is 87.6 Å². The third kappa shape index (κ3) is 2.29. The lowest BCUT2D eigenvalue weighted by atomic mass is 10.0. The molecule has 0 unspecified atom stereocenters. The summed E-state index contributed by atoms with van der Waals surface area (Å²) in [7, 11) is 0. The van der Waals surface area contributed by atoms with E-state index in [-0.39, 0.29) is 0 Å². The Bertz CT molecular complexity index is 189. The highest BCUT2D eigenvalue weighted by Gasteiger charge is 2.42. The molecule has 0 aromatic carbocycles. The smallest absolute Gasteiger partial charge is 0.0593 e. The van der Waals surface area contributed by atoms with Crippen LogP contribution in [0.5, 0.6) is 0 Å². The molecule has 0 N–H and O–H groups in total. The van der Waals surface area contributed by atoms with E-state index in [0.29, 0.717) is 5.41 Å². The molecule has 2 fully saturated rings. The Balaban J connectivity index is 1.88. The Kier molecular flexibility index (Phi) is 3.13. The summed E-state index contributed by atoms with van der Waals surface area (Å²) in [6.07, 6.45) is 5.47. The van der Waals surface area contributed by atoms with E-state index in [2.05, 4.69) is 18.7 Å². The van der Waals surface area contributed by atoms with Crippen LogP contribution in [0.25, 0.3) is 0 Å². The first kappa shape index (κ1) is 10.4. The molecular formula is C12H23NO. The summed E-state index contributed by atoms with van der Waals surface area (Å²) < 4.78 is 5.52. The molecule has 1 aliphatic heterocycles. The molecule has 0 radical (unpaired) electrons. The highest BCUT2D eigenvalue weighted by molar-refractivity contribution is 4.95. The lowest BCUT2D eigenvalue weighted by molar-refractivity contribution is 0.133. The van der Waals surface area contributed by atoms with E-state index in [1.54, 1.807) is 0 Å². The monoisotopic (exact) mass is 197 g/mol. The molecule has 2 rings (SSSR count). The molecule has 2 aliphatic rings. The number of rotatable bonds is 3. The summed E-state index contributed by atoms with van der Waals surface area (Å²) in [5, 5.41) is 0. The summed E-state index contributed by atoms with van der Waals surface area (Å²) in [5.41, 5.74) is 0.693. The maximum atomic E-state index is 5.52. The van der Waals surface area contributed by atoms with Gasteiger partial charge in [-0.05, 0) is 38.0 Å². The van der Waals surface area contributed by atoms with Gasteiger partial charge in [0.2, 0.25) is 0 Å². The quantitative estimate of drug-likeness (QED) is 0.688. The van der Waals surface area contributed by atoms with E-state index in [1.165, 1.54) is 32.2 Å². The molecule has 2 nitrogen and oxygen atoms in total. The van der Waals surface area contributed by atoms with Crippen molar-refractivity contribution in [2.24, 2.45) is 5.41 Å². The number of nitrogens with zero attached hydrogens (tertiary/aromatic N) is 1. The van der Waals surface area contributed by atoms with Crippen LogP contribution in [0.2, 0.25) is 0 Å². The van der Waals surface area contributed by atoms with Crippen LogP contribution in [0.1, 0.15) is 39.5 Å². The van der Waals surface area contributed by atoms with Gasteiger partial charge in [0.1, 0.15) is 0 Å². The summed E-state index contributed by atoms with van der Waals surface area (Å²) in [4.78, 5) is 2.64. The van der Waals surface area contributed by atoms with Gasteiger partial charge in [-0.2, -0.15) is 0 Å². The zero-order valence-corrected chi connectivity index (χ0v) is 9.59. The Hall–Kier alpha value is -0.0800. The fourth-order valence-corrected chi connectivity index (χ4v) is 2.41. The minimum atomic E-state index is 0.693. The van der Waals surface area contributed by atoms with Crippen molar-refractivity contribution >= 4 is 0 Å². The van der Waals surface area contributed by atoms with Gasteiger partial charge in [0.15, 0.2) is 0 Å². The molecular weight excluding hydrogens is 174 g/mol. The topological polar surface area (TPSA) is 12.5 Å². The summed E-state index contributed by atoms with van der Waals surface area (Å²) in [5.74, 6) is 0. The normalized spacial score (nSPS) is 32.6. The van der Waals surface area contributed by atoms with E-state index < -0.39 is 0 Å². The second-order valence-electron chi connectivity index (χ2n) is 5.07. The molecule has 1 heterocycles. The van der Waals surface area contributed by atoms with E-state index >= 15 is 0 Å². The molecule has 1 aliphatic carbocycles. The van der Waals surface area contributed by atoms with Gasteiger partial charge in [0, 0.05) is 25.7 Å². The van der Waals surface area contributed by atoms with Crippen molar-refractivity contribution in [3.8, 4) is 0 Å². The molecule has 1 saturated carbocycles. The van der Waals surface area contributed by atoms with E-state index in [9.17, 15) is 0 Å². The maximum absolute atomic E-state index is 5.52. The van der Waals surface area contributed by atoms with Gasteiger partial charge in [-0.15, -0.1) is 0 Å². The van der Waals surface area contributed by atoms with Gasteiger partial charge in [0.05, 0.1) is 6.61 Å². The van der Waals surface area contributed by atoms with Crippen LogP contribution in [0, 0.1) is 5.41 Å². The van der Waals surface area contributed by atoms with E-state index in [0.717, 1.165) is 25.8 Å². The van der Waals surface area contributed by atoms with Gasteiger partial charge in [-0.1, -0.05) is 6.92 Å². The molecule has 14 heavy (non-hydrogen) atoms. The maximum Gasteiger partial charge on any atom is 0.0593 e. The summed E-state index contributed by atoms with van der Waals surface area (Å²) in [6, 6.07) is 0.724. The Morgan fingerprint density at radius 1 is 1.36 bits per heavy atom. The summed E-state index contributed by atoms with van der Waals surface area (Å²) in [6.45, 7) is 9.03. The second kappa shape index (κ2) is 4.19. The SMILES string of the molecule is CCC1(CN2CCOCC[C@H]2C)CC1. The number of ether oxygens (including phenoxy) is 1. The van der Waals surface area contributed by atoms with Gasteiger partial charge < -0.3 is 4.74 Å². The van der Waals surface area contributed by atoms with Crippen molar-refractivity contribution in [3.05, 3.63) is 0 Å². The molecule has 0 spiro atoms. The predicted octanol–water partition coefficient (Wildman–Crippen LogP) is 2.29. The van der Waals surface area contributed by atoms with Crippen LogP contribution in [0.4, 0.5) is 0 Å². The van der Waals surface area contributed by atoms with Crippen molar-refractivity contribution in [3.63, 3.8) is 0 Å². The van der Waals surface area contributed by atoms with Crippen molar-refractivity contribution in [1.29, 1.82) is 0 Å². The first-order valence-corrected chi connectivity index (χ1v) is 6.07. The molecule has 0 aromatic rings. The standard InChI is InChI=1S/C12H23NO/c1-3-12(5-6-12)10-13-7-9-14-8-4-11(13)2/h11H,3-10H2,1-2H3/t11-/m1/s1. The molecule has 0 aromatic heterocycles. The minimum Gasteiger partial charge on any atom is -0.380 e. The van der Waals surface area contributed by atoms with Crippen molar-refractivity contribution < 1.29 is 4.74 Å². The van der Waals surface area contributed by atoms with E-state index in [1.807, 2.05) is 0 Å². The third-order valence-corrected chi connectivity index (χ3v) is 4.07. The van der Waals surface area contributed by atoms with Gasteiger partial charge >= 0.3 is 0 Å². The van der Waals surface area contributed by atoms with Crippen molar-refractivity contribution in [2.75, 3.05) is 26.3 Å². The first-order chi connectivity index (χ1) is 6.76. The van der Waals surface area contributed by atoms with Crippen molar-refractivity contribution in [2.45, 2.75) is 45.6 Å². The van der Waals surface area contributed by atoms with Crippen LogP contribution in [-0.4, -0.2) is 37.2 Å². The van der Waals surface area contributed by atoms with Crippen LogP contribution in [-0.2, 0) is 4.74 Å². The van der Waals surface area contributed by atoms with Crippen LogP contribution < -0.4 is 0 Å². The molecule has 82 valence electrons. The zero-order valence-electron chi connectivity index (χ0n) is 9.59.